The standard InChI is InChI=1S/C25H27N3O3/c1-16-26-22-21(27(16)2)15-19(24(29)28-11-13-30-14-12-28)18-8-10-25(31-23(18)22)9-7-17-5-3-4-6-20(17)25/h3-6,15H,7-14H2,1-2H3. The van der Waals surface area contributed by atoms with Crippen LogP contribution in [0.25, 0.3) is 11.0 Å². The SMILES string of the molecule is Cc1nc2c3c(c(C(=O)N4CCOCC4)cc2n1C)CCC1(CCc2ccccc21)O3. The molecule has 1 aliphatic carbocycles. The third kappa shape index (κ3) is 2.74. The van der Waals surface area contributed by atoms with Gasteiger partial charge in [0.25, 0.3) is 5.91 Å². The van der Waals surface area contributed by atoms with Crippen LogP contribution >= 0.6 is 0 Å². The number of benzene rings is 2. The average molecular weight is 418 g/mol. The van der Waals surface area contributed by atoms with E-state index in [1.807, 2.05) is 24.9 Å². The molecule has 1 spiro atoms. The first kappa shape index (κ1) is 18.9. The summed E-state index contributed by atoms with van der Waals surface area (Å²) < 4.78 is 14.4. The second kappa shape index (κ2) is 6.82. The molecule has 1 fully saturated rings. The minimum Gasteiger partial charge on any atom is -0.480 e. The van der Waals surface area contributed by atoms with E-state index in [2.05, 4.69) is 28.8 Å². The number of rotatable bonds is 1. The van der Waals surface area contributed by atoms with Gasteiger partial charge in [0.2, 0.25) is 0 Å². The number of nitrogens with zero attached hydrogens (tertiary/aromatic N) is 3. The fourth-order valence-electron chi connectivity index (χ4n) is 5.53. The Kier molecular flexibility index (Phi) is 4.15. The molecule has 1 saturated heterocycles. The molecule has 3 aliphatic rings. The predicted octanol–water partition coefficient (Wildman–Crippen LogP) is 3.52. The molecule has 160 valence electrons. The molecule has 0 bridgehead atoms. The van der Waals surface area contributed by atoms with Crippen molar-refractivity contribution in [3.05, 3.63) is 58.4 Å². The first-order chi connectivity index (χ1) is 15.1. The molecule has 0 N–H and O–H groups in total. The topological polar surface area (TPSA) is 56.6 Å². The van der Waals surface area contributed by atoms with Crippen molar-refractivity contribution in [3.8, 4) is 5.75 Å². The van der Waals surface area contributed by atoms with Gasteiger partial charge in [0, 0.05) is 31.3 Å². The van der Waals surface area contributed by atoms with Crippen LogP contribution in [0.2, 0.25) is 0 Å². The molecule has 2 aromatic carbocycles. The van der Waals surface area contributed by atoms with Gasteiger partial charge in [0.05, 0.1) is 18.7 Å². The molecule has 6 heteroatoms. The zero-order chi connectivity index (χ0) is 21.2. The summed E-state index contributed by atoms with van der Waals surface area (Å²) in [6, 6.07) is 10.6. The van der Waals surface area contributed by atoms with Crippen molar-refractivity contribution in [1.29, 1.82) is 0 Å². The Bertz CT molecular complexity index is 1210. The van der Waals surface area contributed by atoms with Crippen molar-refractivity contribution >= 4 is 16.9 Å². The number of morpholine rings is 1. The third-order valence-electron chi connectivity index (χ3n) is 7.37. The number of imidazole rings is 1. The number of hydrogen-bond acceptors (Lipinski definition) is 4. The quantitative estimate of drug-likeness (QED) is 0.608. The second-order valence-corrected chi connectivity index (χ2v) is 8.98. The monoisotopic (exact) mass is 417 g/mol. The van der Waals surface area contributed by atoms with Gasteiger partial charge in [-0.1, -0.05) is 24.3 Å². The van der Waals surface area contributed by atoms with Gasteiger partial charge in [-0.05, 0) is 49.8 Å². The van der Waals surface area contributed by atoms with Gasteiger partial charge >= 0.3 is 0 Å². The van der Waals surface area contributed by atoms with Crippen molar-refractivity contribution in [2.45, 2.75) is 38.2 Å². The number of ether oxygens (including phenoxy) is 2. The van der Waals surface area contributed by atoms with E-state index < -0.39 is 0 Å². The summed E-state index contributed by atoms with van der Waals surface area (Å²) in [6.07, 6.45) is 3.71. The van der Waals surface area contributed by atoms with E-state index in [0.717, 1.165) is 59.4 Å². The first-order valence-corrected chi connectivity index (χ1v) is 11.2. The molecule has 0 radical (unpaired) electrons. The van der Waals surface area contributed by atoms with Crippen molar-refractivity contribution < 1.29 is 14.3 Å². The van der Waals surface area contributed by atoms with Crippen LogP contribution < -0.4 is 4.74 Å². The molecule has 2 aliphatic heterocycles. The van der Waals surface area contributed by atoms with Crippen LogP contribution in [-0.2, 0) is 30.2 Å². The molecule has 6 rings (SSSR count). The van der Waals surface area contributed by atoms with Crippen molar-refractivity contribution in [2.75, 3.05) is 26.3 Å². The lowest BCUT2D eigenvalue weighted by Gasteiger charge is -2.38. The molecule has 0 saturated carbocycles. The summed E-state index contributed by atoms with van der Waals surface area (Å²) in [4.78, 5) is 20.3. The number of carbonyl (C=O) groups excluding carboxylic acids is 1. The lowest BCUT2D eigenvalue weighted by Crippen LogP contribution is -2.41. The van der Waals surface area contributed by atoms with Gasteiger partial charge in [-0.3, -0.25) is 4.79 Å². The first-order valence-electron chi connectivity index (χ1n) is 11.2. The minimum absolute atomic E-state index is 0.0756. The van der Waals surface area contributed by atoms with Crippen LogP contribution in [0, 0.1) is 6.92 Å². The Morgan fingerprint density at radius 1 is 1.13 bits per heavy atom. The highest BCUT2D eigenvalue weighted by Crippen LogP contribution is 2.50. The Labute approximate surface area is 181 Å². The molecule has 3 aromatic rings. The average Bonchev–Trinajstić information content (AvgIpc) is 3.31. The number of fused-ring (bicyclic) bond motifs is 5. The molecule has 6 nitrogen and oxygen atoms in total. The van der Waals surface area contributed by atoms with Crippen LogP contribution in [0.15, 0.2) is 30.3 Å². The van der Waals surface area contributed by atoms with Crippen molar-refractivity contribution in [3.63, 3.8) is 0 Å². The van der Waals surface area contributed by atoms with Crippen LogP contribution in [-0.4, -0.2) is 46.7 Å². The Morgan fingerprint density at radius 2 is 1.90 bits per heavy atom. The summed E-state index contributed by atoms with van der Waals surface area (Å²) in [5.41, 5.74) is 5.95. The zero-order valence-corrected chi connectivity index (χ0v) is 18.1. The maximum absolute atomic E-state index is 13.5. The van der Waals surface area contributed by atoms with E-state index in [0.29, 0.717) is 26.3 Å². The smallest absolute Gasteiger partial charge is 0.254 e. The van der Waals surface area contributed by atoms with Gasteiger partial charge in [0.15, 0.2) is 5.75 Å². The van der Waals surface area contributed by atoms with Crippen LogP contribution in [0.3, 0.4) is 0 Å². The lowest BCUT2D eigenvalue weighted by atomic mass is 9.84. The number of amides is 1. The fourth-order valence-corrected chi connectivity index (χ4v) is 5.53. The highest BCUT2D eigenvalue weighted by Gasteiger charge is 2.45. The summed E-state index contributed by atoms with van der Waals surface area (Å²) in [5.74, 6) is 1.80. The lowest BCUT2D eigenvalue weighted by molar-refractivity contribution is 0.0292. The highest BCUT2D eigenvalue weighted by atomic mass is 16.5. The summed E-state index contributed by atoms with van der Waals surface area (Å²) in [6.45, 7) is 4.45. The maximum Gasteiger partial charge on any atom is 0.254 e. The van der Waals surface area contributed by atoms with E-state index in [9.17, 15) is 4.79 Å². The number of aromatic nitrogens is 2. The summed E-state index contributed by atoms with van der Waals surface area (Å²) in [7, 11) is 2.00. The van der Waals surface area contributed by atoms with Gasteiger partial charge in [-0.2, -0.15) is 0 Å². The largest absolute Gasteiger partial charge is 0.480 e. The molecule has 31 heavy (non-hydrogen) atoms. The molecule has 1 aromatic heterocycles. The Hall–Kier alpha value is -2.86. The summed E-state index contributed by atoms with van der Waals surface area (Å²) in [5, 5.41) is 0. The molecule has 1 atom stereocenters. The molecule has 3 heterocycles. The van der Waals surface area contributed by atoms with Gasteiger partial charge in [-0.15, -0.1) is 0 Å². The molecule has 1 amide bonds. The van der Waals surface area contributed by atoms with Gasteiger partial charge in [-0.25, -0.2) is 4.98 Å². The summed E-state index contributed by atoms with van der Waals surface area (Å²) >= 11 is 0. The number of carbonyl (C=O) groups is 1. The number of hydrogen-bond donors (Lipinski definition) is 0. The van der Waals surface area contributed by atoms with Crippen LogP contribution in [0.4, 0.5) is 0 Å². The Morgan fingerprint density at radius 3 is 2.74 bits per heavy atom. The Balaban J connectivity index is 1.52. The van der Waals surface area contributed by atoms with E-state index >= 15 is 0 Å². The van der Waals surface area contributed by atoms with E-state index in [1.165, 1.54) is 11.1 Å². The molecule has 1 unspecified atom stereocenters. The number of aryl methyl sites for hydroxylation is 3. The van der Waals surface area contributed by atoms with Gasteiger partial charge < -0.3 is 18.9 Å². The van der Waals surface area contributed by atoms with Crippen LogP contribution in [0.1, 0.15) is 45.7 Å². The van der Waals surface area contributed by atoms with E-state index in [-0.39, 0.29) is 11.5 Å². The molecular weight excluding hydrogens is 390 g/mol. The predicted molar refractivity (Wildman–Crippen MR) is 118 cm³/mol. The third-order valence-corrected chi connectivity index (χ3v) is 7.37. The van der Waals surface area contributed by atoms with E-state index in [1.54, 1.807) is 0 Å². The van der Waals surface area contributed by atoms with Crippen molar-refractivity contribution in [2.24, 2.45) is 7.05 Å². The van der Waals surface area contributed by atoms with Crippen molar-refractivity contribution in [1.82, 2.24) is 14.5 Å². The van der Waals surface area contributed by atoms with E-state index in [4.69, 9.17) is 14.5 Å². The minimum atomic E-state index is -0.317. The second-order valence-electron chi connectivity index (χ2n) is 8.98. The van der Waals surface area contributed by atoms with Gasteiger partial charge in [0.1, 0.15) is 16.9 Å². The maximum atomic E-state index is 13.5. The fraction of sp³-hybridized carbons (Fsp3) is 0.440. The highest BCUT2D eigenvalue weighted by molar-refractivity contribution is 6.01. The normalized spacial score (nSPS) is 22.5. The van der Waals surface area contributed by atoms with Crippen LogP contribution in [0.5, 0.6) is 5.75 Å². The zero-order valence-electron chi connectivity index (χ0n) is 18.1. The molecular formula is C25H27N3O3.